The lowest BCUT2D eigenvalue weighted by atomic mass is 10.3. The number of pyridine rings is 1. The normalized spacial score (nSPS) is 10.5. The maximum absolute atomic E-state index is 12.3. The molecular weight excluding hydrogens is 400 g/mol. The third kappa shape index (κ3) is 5.59. The van der Waals surface area contributed by atoms with E-state index in [-0.39, 0.29) is 18.2 Å². The molecule has 3 rings (SSSR count). The number of methoxy groups -OCH3 is 1. The molecular formula is C18H18N4O4S2. The van der Waals surface area contributed by atoms with Gasteiger partial charge < -0.3 is 14.8 Å². The lowest BCUT2D eigenvalue weighted by Gasteiger charge is -2.10. The molecule has 0 atom stereocenters. The predicted octanol–water partition coefficient (Wildman–Crippen LogP) is 3.06. The minimum atomic E-state index is -0.258. The Labute approximate surface area is 169 Å². The molecule has 0 aliphatic rings. The van der Waals surface area contributed by atoms with Crippen LogP contribution < -0.4 is 15.4 Å². The van der Waals surface area contributed by atoms with Crippen molar-refractivity contribution in [1.82, 2.24) is 9.97 Å². The molecule has 0 fully saturated rings. The van der Waals surface area contributed by atoms with Gasteiger partial charge in [-0.05, 0) is 23.6 Å². The van der Waals surface area contributed by atoms with E-state index in [9.17, 15) is 9.59 Å². The molecule has 3 aromatic rings. The van der Waals surface area contributed by atoms with Crippen molar-refractivity contribution in [3.8, 4) is 5.88 Å². The van der Waals surface area contributed by atoms with Crippen LogP contribution in [0.25, 0.3) is 0 Å². The van der Waals surface area contributed by atoms with Crippen LogP contribution in [0.5, 0.6) is 5.88 Å². The Morgan fingerprint density at radius 1 is 1.14 bits per heavy atom. The summed E-state index contributed by atoms with van der Waals surface area (Å²) in [5, 5.41) is 9.52. The van der Waals surface area contributed by atoms with Gasteiger partial charge in [0.2, 0.25) is 11.8 Å². The van der Waals surface area contributed by atoms with Gasteiger partial charge in [0, 0.05) is 18.7 Å². The van der Waals surface area contributed by atoms with Crippen LogP contribution in [0.3, 0.4) is 0 Å². The van der Waals surface area contributed by atoms with E-state index in [1.165, 1.54) is 22.7 Å². The summed E-state index contributed by atoms with van der Waals surface area (Å²) in [5.74, 6) is -0.144. The topological polar surface area (TPSA) is 102 Å². The molecule has 0 unspecified atom stereocenters. The molecule has 146 valence electrons. The largest absolute Gasteiger partial charge is 0.474 e. The molecule has 0 aliphatic carbocycles. The fourth-order valence-corrected chi connectivity index (χ4v) is 3.52. The van der Waals surface area contributed by atoms with Crippen LogP contribution in [-0.4, -0.2) is 42.1 Å². The van der Waals surface area contributed by atoms with Crippen molar-refractivity contribution >= 4 is 45.3 Å². The predicted molar refractivity (Wildman–Crippen MR) is 108 cm³/mol. The van der Waals surface area contributed by atoms with E-state index in [2.05, 4.69) is 20.6 Å². The van der Waals surface area contributed by atoms with Gasteiger partial charge in [0.05, 0.1) is 23.6 Å². The van der Waals surface area contributed by atoms with Gasteiger partial charge in [0.25, 0.3) is 5.91 Å². The van der Waals surface area contributed by atoms with Crippen LogP contribution in [0.15, 0.2) is 41.2 Å². The van der Waals surface area contributed by atoms with Gasteiger partial charge in [-0.3, -0.25) is 14.9 Å². The van der Waals surface area contributed by atoms with Crippen molar-refractivity contribution in [1.29, 1.82) is 0 Å². The monoisotopic (exact) mass is 418 g/mol. The number of anilines is 2. The van der Waals surface area contributed by atoms with Gasteiger partial charge in [0.1, 0.15) is 12.3 Å². The van der Waals surface area contributed by atoms with E-state index >= 15 is 0 Å². The highest BCUT2D eigenvalue weighted by molar-refractivity contribution is 7.14. The van der Waals surface area contributed by atoms with E-state index in [1.54, 1.807) is 36.9 Å². The Morgan fingerprint density at radius 2 is 2.04 bits per heavy atom. The first-order valence-corrected chi connectivity index (χ1v) is 10.1. The summed E-state index contributed by atoms with van der Waals surface area (Å²) in [6, 6.07) is 6.96. The van der Waals surface area contributed by atoms with Crippen molar-refractivity contribution in [3.05, 3.63) is 51.8 Å². The number of thiazole rings is 1. The molecule has 3 aromatic heterocycles. The quantitative estimate of drug-likeness (QED) is 0.518. The zero-order valence-electron chi connectivity index (χ0n) is 15.0. The van der Waals surface area contributed by atoms with Gasteiger partial charge in [-0.2, -0.15) is 0 Å². The summed E-state index contributed by atoms with van der Waals surface area (Å²) in [6.45, 7) is 0.749. The molecule has 10 heteroatoms. The number of carbonyl (C=O) groups excluding carboxylic acids is 2. The summed E-state index contributed by atoms with van der Waals surface area (Å²) in [5.41, 5.74) is 1.04. The summed E-state index contributed by atoms with van der Waals surface area (Å²) < 4.78 is 10.4. The number of nitrogens with zero attached hydrogens (tertiary/aromatic N) is 2. The van der Waals surface area contributed by atoms with Gasteiger partial charge in [-0.1, -0.05) is 6.07 Å². The average Bonchev–Trinajstić information content (AvgIpc) is 3.35. The van der Waals surface area contributed by atoms with Crippen molar-refractivity contribution in [3.63, 3.8) is 0 Å². The van der Waals surface area contributed by atoms with Crippen LogP contribution in [0, 0.1) is 0 Å². The Hall–Kier alpha value is -2.82. The van der Waals surface area contributed by atoms with Crippen LogP contribution in [0.2, 0.25) is 0 Å². The molecule has 28 heavy (non-hydrogen) atoms. The third-order valence-electron chi connectivity index (χ3n) is 3.43. The number of aromatic nitrogens is 2. The number of ether oxygens (including phenoxy) is 2. The number of thiophene rings is 1. The van der Waals surface area contributed by atoms with Crippen molar-refractivity contribution in [2.24, 2.45) is 0 Å². The van der Waals surface area contributed by atoms with E-state index in [0.29, 0.717) is 40.5 Å². The third-order valence-corrected chi connectivity index (χ3v) is 5.11. The highest BCUT2D eigenvalue weighted by Crippen LogP contribution is 2.22. The van der Waals surface area contributed by atoms with Gasteiger partial charge in [-0.25, -0.2) is 9.97 Å². The minimum absolute atomic E-state index is 0.0672. The zero-order valence-corrected chi connectivity index (χ0v) is 16.6. The first kappa shape index (κ1) is 19.9. The smallest absolute Gasteiger partial charge is 0.267 e. The Morgan fingerprint density at radius 3 is 2.82 bits per heavy atom. The van der Waals surface area contributed by atoms with Crippen LogP contribution >= 0.6 is 22.7 Å². The fourth-order valence-electron chi connectivity index (χ4n) is 2.19. The second-order valence-corrected chi connectivity index (χ2v) is 7.30. The number of nitrogens with one attached hydrogen (secondary N) is 2. The lowest BCUT2D eigenvalue weighted by Crippen LogP contribution is -2.16. The molecule has 2 amide bonds. The summed E-state index contributed by atoms with van der Waals surface area (Å²) in [6.07, 6.45) is 1.65. The first-order chi connectivity index (χ1) is 13.7. The molecule has 8 nitrogen and oxygen atoms in total. The summed E-state index contributed by atoms with van der Waals surface area (Å²) in [7, 11) is 1.58. The summed E-state index contributed by atoms with van der Waals surface area (Å²) in [4.78, 5) is 33.4. The van der Waals surface area contributed by atoms with E-state index in [0.717, 1.165) is 0 Å². The summed E-state index contributed by atoms with van der Waals surface area (Å²) >= 11 is 2.62. The van der Waals surface area contributed by atoms with Gasteiger partial charge in [0.15, 0.2) is 5.13 Å². The van der Waals surface area contributed by atoms with Crippen LogP contribution in [0.4, 0.5) is 10.8 Å². The highest BCUT2D eigenvalue weighted by Gasteiger charge is 2.13. The minimum Gasteiger partial charge on any atom is -0.474 e. The van der Waals surface area contributed by atoms with E-state index in [4.69, 9.17) is 9.47 Å². The van der Waals surface area contributed by atoms with E-state index in [1.807, 2.05) is 11.4 Å². The molecule has 0 saturated carbocycles. The maximum atomic E-state index is 12.3. The number of hydrogen-bond acceptors (Lipinski definition) is 8. The second-order valence-electron chi connectivity index (χ2n) is 5.50. The van der Waals surface area contributed by atoms with Crippen LogP contribution in [0.1, 0.15) is 15.4 Å². The number of hydrogen-bond donors (Lipinski definition) is 2. The van der Waals surface area contributed by atoms with E-state index < -0.39 is 0 Å². The lowest BCUT2D eigenvalue weighted by molar-refractivity contribution is -0.115. The molecule has 0 aliphatic heterocycles. The Bertz CT molecular complexity index is 927. The molecule has 0 radical (unpaired) electrons. The molecule has 0 aromatic carbocycles. The molecule has 0 spiro atoms. The Balaban J connectivity index is 1.56. The number of amides is 2. The number of carbonyl (C=O) groups is 2. The van der Waals surface area contributed by atoms with Gasteiger partial charge >= 0.3 is 0 Å². The first-order valence-electron chi connectivity index (χ1n) is 8.31. The van der Waals surface area contributed by atoms with Crippen molar-refractivity contribution in [2.45, 2.75) is 6.42 Å². The van der Waals surface area contributed by atoms with Gasteiger partial charge in [-0.15, -0.1) is 22.7 Å². The van der Waals surface area contributed by atoms with Crippen molar-refractivity contribution < 1.29 is 19.1 Å². The Kier molecular flexibility index (Phi) is 7.06. The zero-order chi connectivity index (χ0) is 19.8. The maximum Gasteiger partial charge on any atom is 0.267 e. The molecule has 0 saturated heterocycles. The highest BCUT2D eigenvalue weighted by atomic mass is 32.1. The van der Waals surface area contributed by atoms with Crippen molar-refractivity contribution in [2.75, 3.05) is 31.0 Å². The molecule has 3 heterocycles. The molecule has 2 N–H and O–H groups in total. The fraction of sp³-hybridized carbons (Fsp3) is 0.222. The molecule has 0 bridgehead atoms. The SMILES string of the molecule is COCCOc1ncccc1NC(=O)Cc1csc(NC(=O)c2cccs2)n1. The number of rotatable bonds is 9. The second kappa shape index (κ2) is 9.93. The van der Waals surface area contributed by atoms with Crippen LogP contribution in [-0.2, 0) is 16.0 Å². The average molecular weight is 419 g/mol. The standard InChI is InChI=1S/C18H18N4O4S2/c1-25-7-8-26-17-13(4-2-6-19-17)21-15(23)10-12-11-28-18(20-12)22-16(24)14-5-3-9-27-14/h2-6,9,11H,7-8,10H2,1H3,(H,21,23)(H,20,22,24).